The highest BCUT2D eigenvalue weighted by Gasteiger charge is 2.41. The Labute approximate surface area is 112 Å². The molecule has 5 nitrogen and oxygen atoms in total. The first kappa shape index (κ1) is 14.0. The topological polar surface area (TPSA) is 89.4 Å². The quantitative estimate of drug-likeness (QED) is 0.642. The first-order valence-corrected chi connectivity index (χ1v) is 6.61. The number of aliphatic hydroxyl groups is 1. The Balaban J connectivity index is 2.33. The maximum absolute atomic E-state index is 11.0. The molecule has 1 aromatic carbocycles. The number of nitrogens with zero attached hydrogens (tertiary/aromatic N) is 1. The molecule has 2 atom stereocenters. The molecular formula is C14H20N2O3. The van der Waals surface area contributed by atoms with Crippen molar-refractivity contribution in [2.75, 3.05) is 6.54 Å². The second-order valence-electron chi connectivity index (χ2n) is 5.47. The van der Waals surface area contributed by atoms with Crippen molar-refractivity contribution in [1.29, 1.82) is 0 Å². The van der Waals surface area contributed by atoms with Gasteiger partial charge >= 0.3 is 0 Å². The van der Waals surface area contributed by atoms with Crippen LogP contribution in [0.25, 0.3) is 0 Å². The molecule has 0 bridgehead atoms. The number of rotatable bonds is 4. The van der Waals surface area contributed by atoms with Gasteiger partial charge in [-0.3, -0.25) is 10.1 Å². The van der Waals surface area contributed by atoms with Crippen molar-refractivity contribution < 1.29 is 10.0 Å². The zero-order valence-electron chi connectivity index (χ0n) is 11.1. The lowest BCUT2D eigenvalue weighted by Gasteiger charge is -2.32. The van der Waals surface area contributed by atoms with Gasteiger partial charge in [0.05, 0.1) is 11.0 Å². The van der Waals surface area contributed by atoms with Crippen LogP contribution in [0, 0.1) is 22.5 Å². The summed E-state index contributed by atoms with van der Waals surface area (Å²) in [5.74, 6) is 0. The maximum Gasteiger partial charge on any atom is 0.272 e. The average molecular weight is 264 g/mol. The smallest absolute Gasteiger partial charge is 0.272 e. The van der Waals surface area contributed by atoms with E-state index >= 15 is 0 Å². The Morgan fingerprint density at radius 3 is 2.84 bits per heavy atom. The molecule has 1 aliphatic carbocycles. The number of nitrogens with two attached hydrogens (primary N) is 1. The van der Waals surface area contributed by atoms with Gasteiger partial charge in [0.1, 0.15) is 0 Å². The van der Waals surface area contributed by atoms with Gasteiger partial charge < -0.3 is 10.8 Å². The fraction of sp³-hybridized carbons (Fsp3) is 0.571. The highest BCUT2D eigenvalue weighted by molar-refractivity contribution is 5.45. The lowest BCUT2D eigenvalue weighted by molar-refractivity contribution is -0.385. The second kappa shape index (κ2) is 5.27. The SMILES string of the molecule is Cc1c(CC2(CN)CCCC2O)cccc1[N+](=O)[O-]. The van der Waals surface area contributed by atoms with Crippen LogP contribution in [0.5, 0.6) is 0 Å². The summed E-state index contributed by atoms with van der Waals surface area (Å²) in [6.07, 6.45) is 2.82. The number of aliphatic hydroxyl groups excluding tert-OH is 1. The predicted molar refractivity (Wildman–Crippen MR) is 72.9 cm³/mol. The molecule has 0 spiro atoms. The van der Waals surface area contributed by atoms with E-state index in [1.807, 2.05) is 6.07 Å². The van der Waals surface area contributed by atoms with E-state index in [0.717, 1.165) is 24.8 Å². The predicted octanol–water partition coefficient (Wildman–Crippen LogP) is 1.94. The number of hydrogen-bond donors (Lipinski definition) is 2. The zero-order chi connectivity index (χ0) is 14.0. The van der Waals surface area contributed by atoms with Crippen LogP contribution in [0.2, 0.25) is 0 Å². The van der Waals surface area contributed by atoms with Crippen molar-refractivity contribution in [3.8, 4) is 0 Å². The van der Waals surface area contributed by atoms with Crippen LogP contribution in [-0.2, 0) is 6.42 Å². The monoisotopic (exact) mass is 264 g/mol. The standard InChI is InChI=1S/C14H20N2O3/c1-10-11(4-2-5-12(10)16(18)19)8-14(9-15)7-3-6-13(14)17/h2,4-5,13,17H,3,6-9,15H2,1H3. The third-order valence-corrected chi connectivity index (χ3v) is 4.42. The van der Waals surface area contributed by atoms with Crippen molar-refractivity contribution in [2.45, 2.75) is 38.7 Å². The van der Waals surface area contributed by atoms with E-state index in [2.05, 4.69) is 0 Å². The molecule has 5 heteroatoms. The molecule has 0 aromatic heterocycles. The first-order chi connectivity index (χ1) is 9.00. The summed E-state index contributed by atoms with van der Waals surface area (Å²) in [6, 6.07) is 5.11. The number of hydrogen-bond acceptors (Lipinski definition) is 4. The molecule has 104 valence electrons. The van der Waals surface area contributed by atoms with Crippen molar-refractivity contribution >= 4 is 5.69 Å². The van der Waals surface area contributed by atoms with Gasteiger partial charge in [0.15, 0.2) is 0 Å². The van der Waals surface area contributed by atoms with E-state index in [4.69, 9.17) is 5.73 Å². The summed E-state index contributed by atoms with van der Waals surface area (Å²) in [7, 11) is 0. The highest BCUT2D eigenvalue weighted by Crippen LogP contribution is 2.41. The molecule has 1 saturated carbocycles. The zero-order valence-corrected chi connectivity index (χ0v) is 11.1. The van der Waals surface area contributed by atoms with Gasteiger partial charge in [0.25, 0.3) is 5.69 Å². The Kier molecular flexibility index (Phi) is 3.87. The van der Waals surface area contributed by atoms with Crippen LogP contribution in [-0.4, -0.2) is 22.7 Å². The van der Waals surface area contributed by atoms with Gasteiger partial charge in [-0.1, -0.05) is 18.6 Å². The number of nitro benzene ring substituents is 1. The molecule has 1 fully saturated rings. The van der Waals surface area contributed by atoms with E-state index in [9.17, 15) is 15.2 Å². The fourth-order valence-electron chi connectivity index (χ4n) is 3.08. The molecule has 0 saturated heterocycles. The largest absolute Gasteiger partial charge is 0.392 e. The summed E-state index contributed by atoms with van der Waals surface area (Å²) >= 11 is 0. The summed E-state index contributed by atoms with van der Waals surface area (Å²) in [4.78, 5) is 10.6. The van der Waals surface area contributed by atoms with E-state index in [1.165, 1.54) is 6.07 Å². The summed E-state index contributed by atoms with van der Waals surface area (Å²) < 4.78 is 0. The van der Waals surface area contributed by atoms with Crippen molar-refractivity contribution in [2.24, 2.45) is 11.1 Å². The minimum Gasteiger partial charge on any atom is -0.392 e. The van der Waals surface area contributed by atoms with Gasteiger partial charge in [-0.2, -0.15) is 0 Å². The third kappa shape index (κ3) is 2.48. The molecule has 2 rings (SSSR count). The number of nitro groups is 1. The minimum absolute atomic E-state index is 0.136. The molecular weight excluding hydrogens is 244 g/mol. The summed E-state index contributed by atoms with van der Waals surface area (Å²) in [5, 5.41) is 21.1. The fourth-order valence-corrected chi connectivity index (χ4v) is 3.08. The van der Waals surface area contributed by atoms with Gasteiger partial charge in [-0.15, -0.1) is 0 Å². The molecule has 2 unspecified atom stereocenters. The van der Waals surface area contributed by atoms with Gasteiger partial charge in [-0.25, -0.2) is 0 Å². The molecule has 1 aromatic rings. The van der Waals surface area contributed by atoms with Crippen molar-refractivity contribution in [3.05, 3.63) is 39.4 Å². The van der Waals surface area contributed by atoms with Gasteiger partial charge in [-0.05, 0) is 31.7 Å². The Hall–Kier alpha value is -1.46. The summed E-state index contributed by atoms with van der Waals surface area (Å²) in [6.45, 7) is 2.18. The van der Waals surface area contributed by atoms with Crippen LogP contribution in [0.15, 0.2) is 18.2 Å². The van der Waals surface area contributed by atoms with E-state index in [0.29, 0.717) is 18.5 Å². The lowest BCUT2D eigenvalue weighted by atomic mass is 9.77. The summed E-state index contributed by atoms with van der Waals surface area (Å²) in [5.41, 5.74) is 7.28. The molecule has 0 aliphatic heterocycles. The van der Waals surface area contributed by atoms with Crippen LogP contribution >= 0.6 is 0 Å². The van der Waals surface area contributed by atoms with Crippen LogP contribution in [0.4, 0.5) is 5.69 Å². The lowest BCUT2D eigenvalue weighted by Crippen LogP contribution is -2.39. The van der Waals surface area contributed by atoms with Gasteiger partial charge in [0, 0.05) is 23.6 Å². The Bertz CT molecular complexity index is 490. The first-order valence-electron chi connectivity index (χ1n) is 6.61. The molecule has 3 N–H and O–H groups in total. The van der Waals surface area contributed by atoms with Crippen molar-refractivity contribution in [3.63, 3.8) is 0 Å². The minimum atomic E-state index is -0.406. The number of benzene rings is 1. The Morgan fingerprint density at radius 1 is 1.58 bits per heavy atom. The molecule has 1 aliphatic rings. The van der Waals surface area contributed by atoms with Crippen LogP contribution < -0.4 is 5.73 Å². The van der Waals surface area contributed by atoms with Gasteiger partial charge in [0.2, 0.25) is 0 Å². The van der Waals surface area contributed by atoms with Crippen LogP contribution in [0.1, 0.15) is 30.4 Å². The normalized spacial score (nSPS) is 26.6. The second-order valence-corrected chi connectivity index (χ2v) is 5.47. The average Bonchev–Trinajstić information content (AvgIpc) is 2.73. The van der Waals surface area contributed by atoms with E-state index < -0.39 is 6.10 Å². The Morgan fingerprint density at radius 2 is 2.32 bits per heavy atom. The van der Waals surface area contributed by atoms with E-state index in [1.54, 1.807) is 13.0 Å². The van der Waals surface area contributed by atoms with E-state index in [-0.39, 0.29) is 16.0 Å². The molecule has 19 heavy (non-hydrogen) atoms. The molecule has 0 heterocycles. The molecule has 0 radical (unpaired) electrons. The highest BCUT2D eigenvalue weighted by atomic mass is 16.6. The third-order valence-electron chi connectivity index (χ3n) is 4.42. The maximum atomic E-state index is 11.0. The molecule has 0 amide bonds. The van der Waals surface area contributed by atoms with Crippen LogP contribution in [0.3, 0.4) is 0 Å². The van der Waals surface area contributed by atoms with Crippen molar-refractivity contribution in [1.82, 2.24) is 0 Å².